The molecule has 156 valence electrons. The van der Waals surface area contributed by atoms with Crippen LogP contribution in [0.15, 0.2) is 65.3 Å². The Bertz CT molecular complexity index is 1040. The molecule has 0 bridgehead atoms. The second-order valence-corrected chi connectivity index (χ2v) is 8.44. The molecule has 0 saturated carbocycles. The molecule has 0 radical (unpaired) electrons. The van der Waals surface area contributed by atoms with E-state index < -0.39 is 6.10 Å². The fourth-order valence-corrected chi connectivity index (χ4v) is 4.07. The summed E-state index contributed by atoms with van der Waals surface area (Å²) >= 11 is 3.39. The molecule has 1 atom stereocenters. The van der Waals surface area contributed by atoms with Crippen LogP contribution in [0.3, 0.4) is 0 Å². The first kappa shape index (κ1) is 21.0. The number of carbonyl (C=O) groups is 1. The Morgan fingerprint density at radius 1 is 1.10 bits per heavy atom. The van der Waals surface area contributed by atoms with E-state index in [9.17, 15) is 9.90 Å². The van der Waals surface area contributed by atoms with Crippen LogP contribution in [-0.4, -0.2) is 59.3 Å². The van der Waals surface area contributed by atoms with E-state index in [1.807, 2.05) is 60.8 Å². The number of carbonyl (C=O) groups excluding carboxylic acids is 1. The third-order valence-corrected chi connectivity index (χ3v) is 5.87. The van der Waals surface area contributed by atoms with Crippen molar-refractivity contribution in [2.45, 2.75) is 12.6 Å². The molecular formula is C24H25BrN2O3. The van der Waals surface area contributed by atoms with Gasteiger partial charge in [0.15, 0.2) is 5.78 Å². The Morgan fingerprint density at radius 2 is 1.83 bits per heavy atom. The van der Waals surface area contributed by atoms with Gasteiger partial charge in [0.2, 0.25) is 0 Å². The summed E-state index contributed by atoms with van der Waals surface area (Å²) in [7, 11) is 0. The van der Waals surface area contributed by atoms with Crippen LogP contribution >= 0.6 is 15.9 Å². The largest absolute Gasteiger partial charge is 0.390 e. The van der Waals surface area contributed by atoms with Crippen LogP contribution < -0.4 is 0 Å². The van der Waals surface area contributed by atoms with Crippen LogP contribution in [0.4, 0.5) is 0 Å². The number of halogens is 1. The average Bonchev–Trinajstić information content (AvgIpc) is 3.10. The van der Waals surface area contributed by atoms with Gasteiger partial charge in [0.25, 0.3) is 0 Å². The summed E-state index contributed by atoms with van der Waals surface area (Å²) in [5.41, 5.74) is 2.67. The van der Waals surface area contributed by atoms with Gasteiger partial charge in [0, 0.05) is 58.9 Å². The van der Waals surface area contributed by atoms with Gasteiger partial charge in [0.05, 0.1) is 19.3 Å². The van der Waals surface area contributed by atoms with E-state index in [1.54, 1.807) is 6.08 Å². The zero-order valence-corrected chi connectivity index (χ0v) is 18.3. The number of benzene rings is 2. The summed E-state index contributed by atoms with van der Waals surface area (Å²) in [6, 6.07) is 15.4. The molecule has 0 aliphatic carbocycles. The van der Waals surface area contributed by atoms with Crippen molar-refractivity contribution in [1.82, 2.24) is 9.47 Å². The molecule has 1 saturated heterocycles. The maximum atomic E-state index is 12.5. The van der Waals surface area contributed by atoms with Crippen LogP contribution in [-0.2, 0) is 11.3 Å². The molecule has 1 N–H and O–H groups in total. The number of para-hydroxylation sites is 1. The molecule has 1 aromatic heterocycles. The zero-order valence-electron chi connectivity index (χ0n) is 16.7. The normalized spacial score (nSPS) is 16.3. The van der Waals surface area contributed by atoms with Crippen molar-refractivity contribution in [1.29, 1.82) is 0 Å². The zero-order chi connectivity index (χ0) is 20.9. The van der Waals surface area contributed by atoms with Crippen molar-refractivity contribution in [2.75, 3.05) is 32.8 Å². The highest BCUT2D eigenvalue weighted by Crippen LogP contribution is 2.23. The molecule has 1 aliphatic heterocycles. The fraction of sp³-hybridized carbons (Fsp3) is 0.292. The lowest BCUT2D eigenvalue weighted by Crippen LogP contribution is -2.41. The van der Waals surface area contributed by atoms with Crippen LogP contribution in [0.1, 0.15) is 15.9 Å². The smallest absolute Gasteiger partial charge is 0.185 e. The van der Waals surface area contributed by atoms with Crippen LogP contribution in [0, 0.1) is 0 Å². The van der Waals surface area contributed by atoms with Gasteiger partial charge in [-0.05, 0) is 42.5 Å². The molecule has 2 aromatic carbocycles. The highest BCUT2D eigenvalue weighted by Gasteiger charge is 2.16. The number of β-amino-alcohol motifs (C(OH)–C–C–N with tert-alkyl or cyclic N) is 1. The van der Waals surface area contributed by atoms with Crippen molar-refractivity contribution in [3.63, 3.8) is 0 Å². The standard InChI is InChI=1S/C24H25BrN2O3/c25-20-8-5-18(6-9-20)24(29)10-7-19-15-27(23-4-2-1-3-22(19)23)17-21(28)16-26-11-13-30-14-12-26/h1-10,15,21,28H,11-14,16-17H2/b10-7+. The highest BCUT2D eigenvalue weighted by molar-refractivity contribution is 9.10. The predicted octanol–water partition coefficient (Wildman–Crippen LogP) is 3.99. The SMILES string of the molecule is O=C(/C=C/c1cn(CC(O)CN2CCOCC2)c2ccccc12)c1ccc(Br)cc1. The van der Waals surface area contributed by atoms with Gasteiger partial charge in [-0.1, -0.05) is 34.1 Å². The van der Waals surface area contributed by atoms with E-state index in [0.717, 1.165) is 47.2 Å². The minimum absolute atomic E-state index is 0.0355. The number of allylic oxidation sites excluding steroid dienone is 1. The fourth-order valence-electron chi connectivity index (χ4n) is 3.80. The summed E-state index contributed by atoms with van der Waals surface area (Å²) in [6.07, 6.45) is 5.01. The van der Waals surface area contributed by atoms with Gasteiger partial charge >= 0.3 is 0 Å². The second-order valence-electron chi connectivity index (χ2n) is 7.53. The molecule has 0 spiro atoms. The van der Waals surface area contributed by atoms with E-state index in [1.165, 1.54) is 0 Å². The quantitative estimate of drug-likeness (QED) is 0.420. The topological polar surface area (TPSA) is 54.7 Å². The molecule has 5 nitrogen and oxygen atoms in total. The first-order valence-corrected chi connectivity index (χ1v) is 10.9. The molecule has 2 heterocycles. The lowest BCUT2D eigenvalue weighted by Gasteiger charge is -2.28. The number of morpholine rings is 1. The van der Waals surface area contributed by atoms with Gasteiger partial charge in [-0.25, -0.2) is 0 Å². The van der Waals surface area contributed by atoms with Crippen molar-refractivity contribution < 1.29 is 14.6 Å². The molecule has 30 heavy (non-hydrogen) atoms. The number of hydrogen-bond acceptors (Lipinski definition) is 4. The number of aliphatic hydroxyl groups is 1. The third kappa shape index (κ3) is 5.08. The molecule has 1 unspecified atom stereocenters. The van der Waals surface area contributed by atoms with Gasteiger partial charge < -0.3 is 14.4 Å². The van der Waals surface area contributed by atoms with E-state index in [-0.39, 0.29) is 5.78 Å². The van der Waals surface area contributed by atoms with Crippen molar-refractivity contribution in [3.05, 3.63) is 76.4 Å². The van der Waals surface area contributed by atoms with E-state index in [2.05, 4.69) is 25.4 Å². The number of fused-ring (bicyclic) bond motifs is 1. The summed E-state index contributed by atoms with van der Waals surface area (Å²) in [5.74, 6) is -0.0355. The lowest BCUT2D eigenvalue weighted by atomic mass is 10.1. The molecule has 0 amide bonds. The maximum Gasteiger partial charge on any atom is 0.185 e. The molecule has 1 aliphatic rings. The summed E-state index contributed by atoms with van der Waals surface area (Å²) in [6.45, 7) is 4.29. The minimum Gasteiger partial charge on any atom is -0.390 e. The van der Waals surface area contributed by atoms with Crippen LogP contribution in [0.25, 0.3) is 17.0 Å². The van der Waals surface area contributed by atoms with Crippen molar-refractivity contribution >= 4 is 38.7 Å². The Balaban J connectivity index is 1.51. The molecule has 4 rings (SSSR count). The summed E-state index contributed by atoms with van der Waals surface area (Å²) in [4.78, 5) is 14.7. The first-order chi connectivity index (χ1) is 14.6. The number of hydrogen-bond donors (Lipinski definition) is 1. The number of nitrogens with zero attached hydrogens (tertiary/aromatic N) is 2. The Kier molecular flexibility index (Phi) is 6.79. The minimum atomic E-state index is -0.472. The van der Waals surface area contributed by atoms with Crippen molar-refractivity contribution in [3.8, 4) is 0 Å². The lowest BCUT2D eigenvalue weighted by molar-refractivity contribution is 0.0117. The third-order valence-electron chi connectivity index (χ3n) is 5.34. The molecule has 1 fully saturated rings. The Labute approximate surface area is 184 Å². The van der Waals surface area contributed by atoms with E-state index in [4.69, 9.17) is 4.74 Å². The molecule has 3 aromatic rings. The second kappa shape index (κ2) is 9.71. The Morgan fingerprint density at radius 3 is 2.60 bits per heavy atom. The van der Waals surface area contributed by atoms with Crippen LogP contribution in [0.2, 0.25) is 0 Å². The number of aliphatic hydroxyl groups excluding tert-OH is 1. The highest BCUT2D eigenvalue weighted by atomic mass is 79.9. The predicted molar refractivity (Wildman–Crippen MR) is 123 cm³/mol. The number of aromatic nitrogens is 1. The Hall–Kier alpha value is -2.25. The summed E-state index contributed by atoms with van der Waals surface area (Å²) < 4.78 is 8.40. The van der Waals surface area contributed by atoms with Gasteiger partial charge in [-0.2, -0.15) is 0 Å². The molecule has 6 heteroatoms. The van der Waals surface area contributed by atoms with E-state index in [0.29, 0.717) is 18.7 Å². The van der Waals surface area contributed by atoms with Crippen LogP contribution in [0.5, 0.6) is 0 Å². The maximum absolute atomic E-state index is 12.5. The van der Waals surface area contributed by atoms with Gasteiger partial charge in [-0.3, -0.25) is 9.69 Å². The first-order valence-electron chi connectivity index (χ1n) is 10.1. The molecular weight excluding hydrogens is 444 g/mol. The number of ether oxygens (including phenoxy) is 1. The van der Waals surface area contributed by atoms with E-state index >= 15 is 0 Å². The summed E-state index contributed by atoms with van der Waals surface area (Å²) in [5, 5.41) is 11.7. The number of rotatable bonds is 7. The average molecular weight is 469 g/mol. The monoisotopic (exact) mass is 468 g/mol. The number of ketones is 1. The van der Waals surface area contributed by atoms with Crippen molar-refractivity contribution in [2.24, 2.45) is 0 Å². The van der Waals surface area contributed by atoms with Gasteiger partial charge in [-0.15, -0.1) is 0 Å². The van der Waals surface area contributed by atoms with Gasteiger partial charge in [0.1, 0.15) is 0 Å².